The predicted molar refractivity (Wildman–Crippen MR) is 154 cm³/mol. The molecule has 2 atom stereocenters. The average molecular weight is 574 g/mol. The van der Waals surface area contributed by atoms with Gasteiger partial charge in [0.05, 0.1) is 10.0 Å². The summed E-state index contributed by atoms with van der Waals surface area (Å²) in [5.74, 6) is 0.813. The molecule has 2 bridgehead atoms. The molecule has 6 nitrogen and oxygen atoms in total. The number of hydrogen-bond donors (Lipinski definition) is 1. The Labute approximate surface area is 239 Å². The number of hydrogen-bond acceptors (Lipinski definition) is 3. The molecule has 4 aliphatic rings. The van der Waals surface area contributed by atoms with Crippen LogP contribution in [0.2, 0.25) is 10.0 Å². The van der Waals surface area contributed by atoms with E-state index in [1.54, 1.807) is 23.1 Å². The van der Waals surface area contributed by atoms with Crippen LogP contribution in [-0.2, 0) is 0 Å². The van der Waals surface area contributed by atoms with Gasteiger partial charge in [0.15, 0.2) is 0 Å². The van der Waals surface area contributed by atoms with Gasteiger partial charge in [0.2, 0.25) is 0 Å². The number of nitrogens with one attached hydrogen (secondary N) is 1. The number of anilines is 1. The van der Waals surface area contributed by atoms with Gasteiger partial charge in [-0.1, -0.05) is 48.7 Å². The molecule has 2 aromatic rings. The van der Waals surface area contributed by atoms with Crippen molar-refractivity contribution in [3.8, 4) is 0 Å². The van der Waals surface area contributed by atoms with Crippen LogP contribution in [0.4, 0.5) is 14.9 Å². The van der Waals surface area contributed by atoms with Gasteiger partial charge in [0, 0.05) is 57.1 Å². The van der Waals surface area contributed by atoms with E-state index in [1.165, 1.54) is 36.3 Å². The van der Waals surface area contributed by atoms with E-state index in [0.29, 0.717) is 59.9 Å². The first-order valence-electron chi connectivity index (χ1n) is 13.6. The zero-order chi connectivity index (χ0) is 27.7. The molecular weight excluding hydrogens is 538 g/mol. The minimum atomic E-state index is -0.353. The van der Waals surface area contributed by atoms with Gasteiger partial charge < -0.3 is 15.1 Å². The normalized spacial score (nSPS) is 22.1. The number of carbonyl (C=O) groups is 2. The second kappa shape index (κ2) is 11.5. The van der Waals surface area contributed by atoms with E-state index in [9.17, 15) is 14.0 Å². The van der Waals surface area contributed by atoms with Crippen molar-refractivity contribution in [1.82, 2.24) is 14.7 Å². The first-order chi connectivity index (χ1) is 18.6. The molecule has 1 saturated heterocycles. The van der Waals surface area contributed by atoms with Gasteiger partial charge in [0.25, 0.3) is 5.91 Å². The molecule has 2 unspecified atom stereocenters. The molecule has 1 heterocycles. The maximum absolute atomic E-state index is 13.5. The van der Waals surface area contributed by atoms with E-state index in [4.69, 9.17) is 23.2 Å². The van der Waals surface area contributed by atoms with Gasteiger partial charge in [-0.25, -0.2) is 9.18 Å². The lowest BCUT2D eigenvalue weighted by Gasteiger charge is -2.57. The molecule has 0 spiro atoms. The van der Waals surface area contributed by atoms with Crippen LogP contribution in [0.15, 0.2) is 54.1 Å². The third kappa shape index (κ3) is 6.11. The van der Waals surface area contributed by atoms with Gasteiger partial charge in [0.1, 0.15) is 5.82 Å². The van der Waals surface area contributed by atoms with Crippen molar-refractivity contribution in [2.24, 2.45) is 17.3 Å². The van der Waals surface area contributed by atoms with Crippen molar-refractivity contribution in [3.05, 3.63) is 75.5 Å². The van der Waals surface area contributed by atoms with Crippen LogP contribution in [0.1, 0.15) is 37.0 Å². The van der Waals surface area contributed by atoms with E-state index in [1.807, 2.05) is 4.90 Å². The summed E-state index contributed by atoms with van der Waals surface area (Å²) in [6.07, 6.45) is 4.61. The maximum Gasteiger partial charge on any atom is 0.322 e. The first-order valence-corrected chi connectivity index (χ1v) is 14.3. The number of halogens is 3. The minimum Gasteiger partial charge on any atom is -0.336 e. The third-order valence-electron chi connectivity index (χ3n) is 8.85. The molecule has 9 heteroatoms. The quantitative estimate of drug-likeness (QED) is 0.389. The highest BCUT2D eigenvalue weighted by Gasteiger charge is 2.51. The highest BCUT2D eigenvalue weighted by Crippen LogP contribution is 2.59. The molecule has 0 radical (unpaired) electrons. The number of carbonyl (C=O) groups excluding carboxylic acids is 2. The van der Waals surface area contributed by atoms with E-state index in [-0.39, 0.29) is 23.2 Å². The Kier molecular flexibility index (Phi) is 8.22. The first kappa shape index (κ1) is 27.9. The fourth-order valence-corrected chi connectivity index (χ4v) is 6.41. The van der Waals surface area contributed by atoms with Gasteiger partial charge in [-0.05, 0) is 72.6 Å². The molecule has 6 rings (SSSR count). The lowest BCUT2D eigenvalue weighted by molar-refractivity contribution is -0.00970. The number of rotatable bonds is 7. The van der Waals surface area contributed by atoms with E-state index >= 15 is 0 Å². The monoisotopic (exact) mass is 572 g/mol. The Balaban J connectivity index is 1.21. The van der Waals surface area contributed by atoms with Crippen molar-refractivity contribution in [3.63, 3.8) is 0 Å². The third-order valence-corrected chi connectivity index (χ3v) is 9.59. The molecule has 3 amide bonds. The SMILES string of the molecule is CC1(C)C2CC=C(CN(CCN3CCN(C(=O)c4ccc(F)cc4)CC3)C(=O)Nc3ccc(Cl)c(Cl)c3)C1C2. The van der Waals surface area contributed by atoms with Crippen LogP contribution in [0.5, 0.6) is 0 Å². The summed E-state index contributed by atoms with van der Waals surface area (Å²) >= 11 is 12.2. The summed E-state index contributed by atoms with van der Waals surface area (Å²) in [7, 11) is 0. The Bertz CT molecular complexity index is 1260. The number of fused-ring (bicyclic) bond motifs is 1. The fraction of sp³-hybridized carbons (Fsp3) is 0.467. The second-order valence-electron chi connectivity index (χ2n) is 11.4. The van der Waals surface area contributed by atoms with Crippen molar-refractivity contribution in [1.29, 1.82) is 0 Å². The van der Waals surface area contributed by atoms with Crippen molar-refractivity contribution in [2.45, 2.75) is 26.7 Å². The van der Waals surface area contributed by atoms with Crippen LogP contribution in [-0.4, -0.2) is 72.5 Å². The highest BCUT2D eigenvalue weighted by molar-refractivity contribution is 6.42. The molecule has 1 N–H and O–H groups in total. The summed E-state index contributed by atoms with van der Waals surface area (Å²) in [6, 6.07) is 10.6. The molecular formula is C30H35Cl2FN4O2. The number of nitrogens with zero attached hydrogens (tertiary/aromatic N) is 3. The number of benzene rings is 2. The molecule has 0 aromatic heterocycles. The maximum atomic E-state index is 13.5. The fourth-order valence-electron chi connectivity index (χ4n) is 6.12. The summed E-state index contributed by atoms with van der Waals surface area (Å²) in [4.78, 5) is 32.2. The predicted octanol–water partition coefficient (Wildman–Crippen LogP) is 6.42. The van der Waals surface area contributed by atoms with E-state index in [2.05, 4.69) is 30.1 Å². The topological polar surface area (TPSA) is 55.9 Å². The van der Waals surface area contributed by atoms with Crippen molar-refractivity contribution >= 4 is 40.8 Å². The Hall–Kier alpha value is -2.61. The van der Waals surface area contributed by atoms with Crippen molar-refractivity contribution in [2.75, 3.05) is 51.1 Å². The van der Waals surface area contributed by atoms with E-state index in [0.717, 1.165) is 25.4 Å². The molecule has 1 aliphatic heterocycles. The lowest BCUT2D eigenvalue weighted by Crippen LogP contribution is -2.52. The van der Waals surface area contributed by atoms with Crippen LogP contribution in [0.3, 0.4) is 0 Å². The summed E-state index contributed by atoms with van der Waals surface area (Å²) in [6.45, 7) is 9.16. The lowest BCUT2D eigenvalue weighted by atomic mass is 9.49. The Morgan fingerprint density at radius 3 is 2.41 bits per heavy atom. The smallest absolute Gasteiger partial charge is 0.322 e. The minimum absolute atomic E-state index is 0.0806. The Morgan fingerprint density at radius 1 is 1.05 bits per heavy atom. The summed E-state index contributed by atoms with van der Waals surface area (Å²) in [5.41, 5.74) is 2.73. The molecule has 1 saturated carbocycles. The van der Waals surface area contributed by atoms with E-state index < -0.39 is 0 Å². The number of piperazine rings is 1. The molecule has 3 aliphatic carbocycles. The summed E-state index contributed by atoms with van der Waals surface area (Å²) < 4.78 is 13.2. The van der Waals surface area contributed by atoms with Crippen LogP contribution < -0.4 is 5.32 Å². The van der Waals surface area contributed by atoms with Gasteiger partial charge in [-0.15, -0.1) is 0 Å². The van der Waals surface area contributed by atoms with Crippen LogP contribution in [0.25, 0.3) is 0 Å². The number of allylic oxidation sites excluding steroid dienone is 1. The number of amides is 3. The molecule has 2 aromatic carbocycles. The van der Waals surface area contributed by atoms with Crippen LogP contribution >= 0.6 is 23.2 Å². The van der Waals surface area contributed by atoms with Gasteiger partial charge in [-0.2, -0.15) is 0 Å². The zero-order valence-corrected chi connectivity index (χ0v) is 23.9. The largest absolute Gasteiger partial charge is 0.336 e. The Morgan fingerprint density at radius 2 is 1.77 bits per heavy atom. The molecule has 39 heavy (non-hydrogen) atoms. The van der Waals surface area contributed by atoms with Crippen LogP contribution in [0, 0.1) is 23.1 Å². The standard InChI is InChI=1S/C30H35Cl2FN4O2/c1-30(2)22-6-3-21(25(30)17-22)19-37(29(39)34-24-9-10-26(31)27(32)18-24)16-13-35-11-14-36(15-12-35)28(38)20-4-7-23(33)8-5-20/h3-5,7-10,18,22,25H,6,11-17,19H2,1-2H3,(H,34,39). The molecule has 208 valence electrons. The second-order valence-corrected chi connectivity index (χ2v) is 12.3. The van der Waals surface area contributed by atoms with Gasteiger partial charge >= 0.3 is 6.03 Å². The average Bonchev–Trinajstić information content (AvgIpc) is 2.93. The van der Waals surface area contributed by atoms with Gasteiger partial charge in [-0.3, -0.25) is 9.69 Å². The summed E-state index contributed by atoms with van der Waals surface area (Å²) in [5, 5.41) is 3.84. The zero-order valence-electron chi connectivity index (χ0n) is 22.4. The highest BCUT2D eigenvalue weighted by atomic mass is 35.5. The van der Waals surface area contributed by atoms with Crippen molar-refractivity contribution < 1.29 is 14.0 Å². The molecule has 2 fully saturated rings. The number of urea groups is 1.